The van der Waals surface area contributed by atoms with E-state index in [-0.39, 0.29) is 75.3 Å². The Hall–Kier alpha value is -2.10. The molecule has 2 unspecified atom stereocenters. The first-order valence-electron chi connectivity index (χ1n) is 17.3. The number of rotatable bonds is 6. The normalized spacial score (nSPS) is 14.5. The molecule has 0 N–H and O–H groups in total. The van der Waals surface area contributed by atoms with Gasteiger partial charge >= 0.3 is 21.7 Å². The number of halogens is 3. The van der Waals surface area contributed by atoms with Gasteiger partial charge in [-0.2, -0.15) is 24.3 Å². The van der Waals surface area contributed by atoms with Gasteiger partial charge in [0.05, 0.1) is 0 Å². The van der Waals surface area contributed by atoms with Crippen LogP contribution in [0.5, 0.6) is 0 Å². The van der Waals surface area contributed by atoms with Gasteiger partial charge in [-0.1, -0.05) is 151 Å². The molecule has 0 heterocycles. The van der Waals surface area contributed by atoms with Crippen LogP contribution >= 0.6 is 0 Å². The van der Waals surface area contributed by atoms with Crippen molar-refractivity contribution in [1.29, 1.82) is 0 Å². The number of fused-ring (bicyclic) bond motifs is 3. The second-order valence-corrected chi connectivity index (χ2v) is 19.7. The summed E-state index contributed by atoms with van der Waals surface area (Å²) in [6.45, 7) is 23.4. The number of hydrogen-bond donors (Lipinski definition) is 0. The summed E-state index contributed by atoms with van der Waals surface area (Å²) in [4.78, 5) is 0. The maximum absolute atomic E-state index is 3.87. The Morgan fingerprint density at radius 2 is 1.06 bits per heavy atom. The van der Waals surface area contributed by atoms with E-state index in [1.807, 2.05) is 0 Å². The SMILES string of the molecule is CCc1cc(CC)cc([Si](c2cc(C)cc(C)c2)(c2cc(C(C)(C)C)cc(C(C)(C)C)c2)C2c3[c-]cccc3-c3ccccc32)c1.[Cl-].[Cl-].[Cl-].[Ti+4]. The van der Waals surface area contributed by atoms with Gasteiger partial charge in [-0.15, -0.1) is 11.1 Å². The number of hydrogen-bond acceptors (Lipinski definition) is 0. The van der Waals surface area contributed by atoms with Crippen LogP contribution in [0.1, 0.15) is 105 Å². The molecule has 0 spiro atoms. The van der Waals surface area contributed by atoms with Crippen LogP contribution in [0.15, 0.2) is 97.1 Å². The molecule has 1 aliphatic rings. The van der Waals surface area contributed by atoms with Gasteiger partial charge in [0.2, 0.25) is 0 Å². The van der Waals surface area contributed by atoms with Crippen molar-refractivity contribution in [3.05, 3.63) is 148 Å². The third-order valence-electron chi connectivity index (χ3n) is 10.3. The molecule has 0 aliphatic heterocycles. The zero-order valence-corrected chi connectivity index (χ0v) is 36.2. The summed E-state index contributed by atoms with van der Waals surface area (Å²) in [7, 11) is -2.90. The van der Waals surface area contributed by atoms with E-state index in [2.05, 4.69) is 172 Å². The Morgan fingerprint density at radius 1 is 0.580 bits per heavy atom. The molecule has 2 atom stereocenters. The van der Waals surface area contributed by atoms with Gasteiger partial charge in [0.15, 0.2) is 8.07 Å². The first-order valence-corrected chi connectivity index (χ1v) is 19.3. The first-order chi connectivity index (χ1) is 21.8. The van der Waals surface area contributed by atoms with Gasteiger partial charge in [-0.25, -0.2) is 0 Å². The molecule has 0 nitrogen and oxygen atoms in total. The second kappa shape index (κ2) is 16.7. The molecule has 5 aromatic carbocycles. The van der Waals surface area contributed by atoms with Crippen molar-refractivity contribution < 1.29 is 58.9 Å². The van der Waals surface area contributed by atoms with E-state index < -0.39 is 8.07 Å². The van der Waals surface area contributed by atoms with Crippen molar-refractivity contribution in [3.8, 4) is 11.1 Å². The summed E-state index contributed by atoms with van der Waals surface area (Å²) in [6.07, 6.45) is 2.05. The molecule has 1 aliphatic carbocycles. The van der Waals surface area contributed by atoms with Crippen molar-refractivity contribution in [2.75, 3.05) is 0 Å². The van der Waals surface area contributed by atoms with Crippen molar-refractivity contribution in [1.82, 2.24) is 0 Å². The van der Waals surface area contributed by atoms with Crippen LogP contribution in [0.25, 0.3) is 11.1 Å². The summed E-state index contributed by atoms with van der Waals surface area (Å²) < 4.78 is 0. The van der Waals surface area contributed by atoms with Crippen LogP contribution in [0.3, 0.4) is 0 Å². The molecule has 0 amide bonds. The zero-order valence-electron chi connectivity index (χ0n) is 31.4. The fourth-order valence-electron chi connectivity index (χ4n) is 7.84. The quantitative estimate of drug-likeness (QED) is 0.135. The number of benzene rings is 5. The molecule has 0 aromatic heterocycles. The number of aryl methyl sites for hydroxylation is 4. The van der Waals surface area contributed by atoms with E-state index in [4.69, 9.17) is 0 Å². The van der Waals surface area contributed by atoms with Crippen LogP contribution in [0.2, 0.25) is 0 Å². The molecular formula is C45H51Cl3SiTi. The maximum Gasteiger partial charge on any atom is 4.00 e. The molecule has 5 aromatic rings. The fraction of sp³-hybridized carbons (Fsp3) is 0.333. The van der Waals surface area contributed by atoms with E-state index >= 15 is 0 Å². The molecule has 0 saturated heterocycles. The smallest absolute Gasteiger partial charge is 1.00 e. The van der Waals surface area contributed by atoms with Crippen LogP contribution in [0, 0.1) is 19.9 Å². The largest absolute Gasteiger partial charge is 4.00 e. The Balaban J connectivity index is 0.00000217. The van der Waals surface area contributed by atoms with E-state index in [9.17, 15) is 0 Å². The molecule has 50 heavy (non-hydrogen) atoms. The Morgan fingerprint density at radius 3 is 1.58 bits per heavy atom. The second-order valence-electron chi connectivity index (χ2n) is 15.7. The summed E-state index contributed by atoms with van der Waals surface area (Å²) in [5.41, 5.74) is 14.1. The van der Waals surface area contributed by atoms with E-state index in [1.165, 1.54) is 71.2 Å². The minimum Gasteiger partial charge on any atom is -1.00 e. The van der Waals surface area contributed by atoms with E-state index in [0.717, 1.165) is 12.8 Å². The van der Waals surface area contributed by atoms with Crippen molar-refractivity contribution >= 4 is 23.6 Å². The van der Waals surface area contributed by atoms with Gasteiger partial charge < -0.3 is 37.2 Å². The van der Waals surface area contributed by atoms with Crippen LogP contribution in [-0.4, -0.2) is 8.07 Å². The fourth-order valence-corrected chi connectivity index (χ4v) is 13.7. The molecule has 0 bridgehead atoms. The van der Waals surface area contributed by atoms with Crippen LogP contribution in [0.4, 0.5) is 0 Å². The summed E-state index contributed by atoms with van der Waals surface area (Å²) in [5.74, 6) is 0. The third-order valence-corrected chi connectivity index (χ3v) is 15.4. The molecule has 5 heteroatoms. The van der Waals surface area contributed by atoms with Gasteiger partial charge in [0, 0.05) is 0 Å². The average Bonchev–Trinajstić information content (AvgIpc) is 3.34. The molecule has 0 fully saturated rings. The Bertz CT molecular complexity index is 1810. The minimum absolute atomic E-state index is 0. The van der Waals surface area contributed by atoms with Gasteiger partial charge in [0.25, 0.3) is 0 Å². The van der Waals surface area contributed by atoms with Gasteiger partial charge in [0.1, 0.15) is 0 Å². The zero-order chi connectivity index (χ0) is 33.0. The van der Waals surface area contributed by atoms with Crippen molar-refractivity contribution in [2.24, 2.45) is 0 Å². The van der Waals surface area contributed by atoms with Crippen LogP contribution in [-0.2, 0) is 45.4 Å². The monoisotopic (exact) mass is 772 g/mol. The summed E-state index contributed by atoms with van der Waals surface area (Å²) >= 11 is 0. The maximum atomic E-state index is 3.87. The standard InChI is InChI=1S/C45H51Si.3ClH.Ti/c1-11-32-24-33(12-2)26-37(25-32)46(36-22-30(3)21-31(4)23-36,38-28-34(44(5,6)7)27-35(29-38)45(8,9)10)43-41-19-15-13-17-39(41)40-18-14-16-20-42(40)43;;;;/h13-19,21-29,43H,11-12H2,1-10H3;3*1H;/q-1;;;;+4/p-3. The predicted octanol–water partition coefficient (Wildman–Crippen LogP) is 0.655. The average molecular weight is 774 g/mol. The Kier molecular flexibility index (Phi) is 14.7. The molecule has 6 rings (SSSR count). The molecule has 0 radical (unpaired) electrons. The van der Waals surface area contributed by atoms with Crippen molar-refractivity contribution in [2.45, 2.75) is 98.5 Å². The van der Waals surface area contributed by atoms with E-state index in [1.54, 1.807) is 0 Å². The minimum atomic E-state index is -2.90. The molecule has 260 valence electrons. The van der Waals surface area contributed by atoms with Gasteiger partial charge in [-0.3, -0.25) is 0 Å². The third kappa shape index (κ3) is 7.95. The molecule has 0 saturated carbocycles. The predicted molar refractivity (Wildman–Crippen MR) is 202 cm³/mol. The summed E-state index contributed by atoms with van der Waals surface area (Å²) in [5, 5.41) is 4.52. The van der Waals surface area contributed by atoms with E-state index in [0.29, 0.717) is 0 Å². The topological polar surface area (TPSA) is 0 Å². The molecular weight excluding hydrogens is 723 g/mol. The van der Waals surface area contributed by atoms with Crippen molar-refractivity contribution in [3.63, 3.8) is 0 Å². The Labute approximate surface area is 337 Å². The first kappa shape index (κ1) is 44.1. The summed E-state index contributed by atoms with van der Waals surface area (Å²) in [6, 6.07) is 42.5. The van der Waals surface area contributed by atoms with Gasteiger partial charge in [-0.05, 0) is 86.4 Å². The van der Waals surface area contributed by atoms with Crippen LogP contribution < -0.4 is 52.8 Å².